The third kappa shape index (κ3) is 2.58. The summed E-state index contributed by atoms with van der Waals surface area (Å²) in [6.07, 6.45) is 5.11. The van der Waals surface area contributed by atoms with Gasteiger partial charge in [-0.3, -0.25) is 9.80 Å². The fraction of sp³-hybridized carbons (Fsp3) is 1.00. The van der Waals surface area contributed by atoms with Gasteiger partial charge < -0.3 is 5.73 Å². The predicted octanol–water partition coefficient (Wildman–Crippen LogP) is 1.28. The van der Waals surface area contributed by atoms with Crippen LogP contribution in [0.15, 0.2) is 0 Å². The Bertz CT molecular complexity index is 239. The van der Waals surface area contributed by atoms with E-state index in [1.54, 1.807) is 0 Å². The Kier molecular flexibility index (Phi) is 3.57. The molecule has 2 N–H and O–H groups in total. The Morgan fingerprint density at radius 3 is 2.56 bits per heavy atom. The van der Waals surface area contributed by atoms with E-state index in [0.29, 0.717) is 11.6 Å². The molecular formula is C13H27N3. The monoisotopic (exact) mass is 225 g/mol. The summed E-state index contributed by atoms with van der Waals surface area (Å²) < 4.78 is 0. The first kappa shape index (κ1) is 12.3. The van der Waals surface area contributed by atoms with Crippen LogP contribution in [0.4, 0.5) is 0 Å². The molecule has 1 saturated heterocycles. The fourth-order valence-corrected chi connectivity index (χ4v) is 3.12. The SMILES string of the molecule is CN1CCN(C2CCCC(N)C2)CC1(C)C. The smallest absolute Gasteiger partial charge is 0.0277 e. The Labute approximate surface area is 100.0 Å². The largest absolute Gasteiger partial charge is 0.328 e. The van der Waals surface area contributed by atoms with Gasteiger partial charge in [-0.05, 0) is 40.2 Å². The van der Waals surface area contributed by atoms with Crippen molar-refractivity contribution in [3.8, 4) is 0 Å². The molecule has 1 saturated carbocycles. The molecule has 2 aliphatic rings. The molecule has 0 spiro atoms. The van der Waals surface area contributed by atoms with Gasteiger partial charge in [0.15, 0.2) is 0 Å². The van der Waals surface area contributed by atoms with Gasteiger partial charge in [0, 0.05) is 37.3 Å². The molecule has 94 valence electrons. The summed E-state index contributed by atoms with van der Waals surface area (Å²) in [6, 6.07) is 1.19. The van der Waals surface area contributed by atoms with Crippen LogP contribution in [0.5, 0.6) is 0 Å². The van der Waals surface area contributed by atoms with Crippen LogP contribution in [0.25, 0.3) is 0 Å². The molecular weight excluding hydrogens is 198 g/mol. The molecule has 2 unspecified atom stereocenters. The summed E-state index contributed by atoms with van der Waals surface area (Å²) in [5.41, 5.74) is 6.41. The van der Waals surface area contributed by atoms with Crippen LogP contribution >= 0.6 is 0 Å². The first-order valence-corrected chi connectivity index (χ1v) is 6.70. The second kappa shape index (κ2) is 4.63. The third-order valence-corrected chi connectivity index (χ3v) is 4.55. The molecule has 3 nitrogen and oxygen atoms in total. The first-order chi connectivity index (χ1) is 7.49. The molecule has 0 bridgehead atoms. The minimum atomic E-state index is 0.319. The van der Waals surface area contributed by atoms with Crippen molar-refractivity contribution < 1.29 is 0 Å². The van der Waals surface area contributed by atoms with Crippen LogP contribution in [-0.4, -0.2) is 54.1 Å². The lowest BCUT2D eigenvalue weighted by atomic mass is 9.88. The van der Waals surface area contributed by atoms with Crippen LogP contribution in [0.2, 0.25) is 0 Å². The number of nitrogens with zero attached hydrogens (tertiary/aromatic N) is 2. The fourth-order valence-electron chi connectivity index (χ4n) is 3.12. The van der Waals surface area contributed by atoms with Crippen LogP contribution in [0, 0.1) is 0 Å². The number of hydrogen-bond acceptors (Lipinski definition) is 3. The average molecular weight is 225 g/mol. The van der Waals surface area contributed by atoms with Crippen molar-refractivity contribution in [1.29, 1.82) is 0 Å². The molecule has 3 heteroatoms. The minimum Gasteiger partial charge on any atom is -0.328 e. The summed E-state index contributed by atoms with van der Waals surface area (Å²) >= 11 is 0. The van der Waals surface area contributed by atoms with Crippen molar-refractivity contribution in [2.24, 2.45) is 5.73 Å². The lowest BCUT2D eigenvalue weighted by Crippen LogP contribution is -2.60. The van der Waals surface area contributed by atoms with Gasteiger partial charge in [0.25, 0.3) is 0 Å². The molecule has 0 radical (unpaired) electrons. The van der Waals surface area contributed by atoms with Crippen molar-refractivity contribution in [1.82, 2.24) is 9.80 Å². The molecule has 1 aliphatic heterocycles. The Morgan fingerprint density at radius 1 is 1.19 bits per heavy atom. The quantitative estimate of drug-likeness (QED) is 0.730. The molecule has 1 aliphatic carbocycles. The van der Waals surface area contributed by atoms with Crippen LogP contribution in [0.3, 0.4) is 0 Å². The van der Waals surface area contributed by atoms with E-state index in [-0.39, 0.29) is 0 Å². The Hall–Kier alpha value is -0.120. The Morgan fingerprint density at radius 2 is 1.94 bits per heavy atom. The van der Waals surface area contributed by atoms with E-state index in [4.69, 9.17) is 5.73 Å². The molecule has 0 amide bonds. The maximum atomic E-state index is 6.09. The number of piperazine rings is 1. The van der Waals surface area contributed by atoms with E-state index in [1.165, 1.54) is 45.3 Å². The zero-order chi connectivity index (χ0) is 11.8. The minimum absolute atomic E-state index is 0.319. The van der Waals surface area contributed by atoms with E-state index in [1.807, 2.05) is 0 Å². The van der Waals surface area contributed by atoms with E-state index in [0.717, 1.165) is 6.04 Å². The lowest BCUT2D eigenvalue weighted by Gasteiger charge is -2.49. The summed E-state index contributed by atoms with van der Waals surface area (Å²) in [7, 11) is 2.24. The second-order valence-electron chi connectivity index (χ2n) is 6.28. The van der Waals surface area contributed by atoms with Crippen LogP contribution < -0.4 is 5.73 Å². The van der Waals surface area contributed by atoms with E-state index >= 15 is 0 Å². The maximum Gasteiger partial charge on any atom is 0.0277 e. The molecule has 0 aromatic carbocycles. The molecule has 0 aromatic heterocycles. The van der Waals surface area contributed by atoms with Gasteiger partial charge in [-0.15, -0.1) is 0 Å². The second-order valence-corrected chi connectivity index (χ2v) is 6.28. The summed E-state index contributed by atoms with van der Waals surface area (Å²) in [4.78, 5) is 5.16. The van der Waals surface area contributed by atoms with Gasteiger partial charge in [0.05, 0.1) is 0 Å². The summed E-state index contributed by atoms with van der Waals surface area (Å²) in [5.74, 6) is 0. The van der Waals surface area contributed by atoms with Gasteiger partial charge >= 0.3 is 0 Å². The molecule has 2 atom stereocenters. The van der Waals surface area contributed by atoms with Crippen molar-refractivity contribution in [3.05, 3.63) is 0 Å². The topological polar surface area (TPSA) is 32.5 Å². The lowest BCUT2D eigenvalue weighted by molar-refractivity contribution is 0.00611. The van der Waals surface area contributed by atoms with E-state index in [2.05, 4.69) is 30.7 Å². The number of likely N-dealkylation sites (N-methyl/N-ethyl adjacent to an activating group) is 1. The predicted molar refractivity (Wildman–Crippen MR) is 68.5 cm³/mol. The first-order valence-electron chi connectivity index (χ1n) is 6.70. The van der Waals surface area contributed by atoms with Crippen molar-refractivity contribution in [3.63, 3.8) is 0 Å². The highest BCUT2D eigenvalue weighted by molar-refractivity contribution is 4.92. The number of nitrogens with two attached hydrogens (primary N) is 1. The maximum absolute atomic E-state index is 6.09. The van der Waals surface area contributed by atoms with Crippen molar-refractivity contribution in [2.75, 3.05) is 26.7 Å². The highest BCUT2D eigenvalue weighted by atomic mass is 15.3. The average Bonchev–Trinajstić information content (AvgIpc) is 2.22. The molecule has 2 fully saturated rings. The van der Waals surface area contributed by atoms with Gasteiger partial charge in [0.2, 0.25) is 0 Å². The van der Waals surface area contributed by atoms with Crippen molar-refractivity contribution >= 4 is 0 Å². The summed E-state index contributed by atoms with van der Waals surface area (Å²) in [6.45, 7) is 8.31. The number of hydrogen-bond donors (Lipinski definition) is 1. The molecule has 16 heavy (non-hydrogen) atoms. The number of rotatable bonds is 1. The van der Waals surface area contributed by atoms with E-state index in [9.17, 15) is 0 Å². The third-order valence-electron chi connectivity index (χ3n) is 4.55. The molecule has 0 aromatic rings. The molecule has 2 rings (SSSR count). The van der Waals surface area contributed by atoms with Crippen LogP contribution in [-0.2, 0) is 0 Å². The van der Waals surface area contributed by atoms with E-state index < -0.39 is 0 Å². The van der Waals surface area contributed by atoms with Gasteiger partial charge in [-0.25, -0.2) is 0 Å². The summed E-state index contributed by atoms with van der Waals surface area (Å²) in [5, 5.41) is 0. The standard InChI is InChI=1S/C13H27N3/c1-13(2)10-16(8-7-15(13)3)12-6-4-5-11(14)9-12/h11-12H,4-10,14H2,1-3H3. The van der Waals surface area contributed by atoms with Gasteiger partial charge in [-0.2, -0.15) is 0 Å². The van der Waals surface area contributed by atoms with Crippen molar-refractivity contribution in [2.45, 2.75) is 57.2 Å². The Balaban J connectivity index is 1.95. The molecule has 1 heterocycles. The van der Waals surface area contributed by atoms with Gasteiger partial charge in [0.1, 0.15) is 0 Å². The highest BCUT2D eigenvalue weighted by Crippen LogP contribution is 2.27. The zero-order valence-corrected chi connectivity index (χ0v) is 11.1. The highest BCUT2D eigenvalue weighted by Gasteiger charge is 2.35. The van der Waals surface area contributed by atoms with Crippen LogP contribution in [0.1, 0.15) is 39.5 Å². The van der Waals surface area contributed by atoms with Gasteiger partial charge in [-0.1, -0.05) is 6.42 Å². The normalized spacial score (nSPS) is 37.5. The zero-order valence-electron chi connectivity index (χ0n) is 11.1.